The smallest absolute Gasteiger partial charge is 0.497 e. The van der Waals surface area contributed by atoms with E-state index in [0.717, 1.165) is 0 Å². The van der Waals surface area contributed by atoms with Gasteiger partial charge in [0.05, 0.1) is 10.5 Å². The number of rotatable bonds is 3. The SMILES string of the molecule is O=C([O-])C1C(S(=O)(=O)C(F)(F)F)C1S(=O)(=O)C(F)(F)F. The van der Waals surface area contributed by atoms with E-state index >= 15 is 0 Å². The number of carbonyl (C=O) groups is 1. The third-order valence-corrected chi connectivity index (χ3v) is 6.59. The van der Waals surface area contributed by atoms with E-state index in [1.54, 1.807) is 0 Å². The molecule has 1 rings (SSSR count). The number of carboxylic acids is 1. The molecule has 0 N–H and O–H groups in total. The van der Waals surface area contributed by atoms with Crippen LogP contribution in [0, 0.1) is 5.92 Å². The van der Waals surface area contributed by atoms with Gasteiger partial charge in [-0.3, -0.25) is 0 Å². The zero-order valence-electron chi connectivity index (χ0n) is 8.77. The molecule has 0 radical (unpaired) electrons. The fraction of sp³-hybridized carbons (Fsp3) is 0.833. The Kier molecular flexibility index (Phi) is 3.59. The summed E-state index contributed by atoms with van der Waals surface area (Å²) in [6.07, 6.45) is 0. The van der Waals surface area contributed by atoms with Crippen molar-refractivity contribution in [3.63, 3.8) is 0 Å². The zero-order chi connectivity index (χ0) is 16.3. The lowest BCUT2D eigenvalue weighted by Crippen LogP contribution is -2.34. The molecule has 14 heteroatoms. The van der Waals surface area contributed by atoms with Gasteiger partial charge in [0.1, 0.15) is 0 Å². The molecule has 118 valence electrons. The molecule has 2 atom stereocenters. The van der Waals surface area contributed by atoms with Gasteiger partial charge >= 0.3 is 11.0 Å². The summed E-state index contributed by atoms with van der Waals surface area (Å²) >= 11 is 0. The Morgan fingerprint density at radius 1 is 0.800 bits per heavy atom. The number of sulfone groups is 2. The van der Waals surface area contributed by atoms with Crippen molar-refractivity contribution < 1.29 is 53.1 Å². The number of hydrogen-bond acceptors (Lipinski definition) is 6. The Morgan fingerprint density at radius 2 is 1.05 bits per heavy atom. The Bertz CT molecular complexity index is 578. The average Bonchev–Trinajstić information content (AvgIpc) is 2.88. The second-order valence-electron chi connectivity index (χ2n) is 3.76. The van der Waals surface area contributed by atoms with E-state index in [1.165, 1.54) is 0 Å². The van der Waals surface area contributed by atoms with Gasteiger partial charge in [-0.05, 0) is 0 Å². The molecular weight excluding hydrogens is 346 g/mol. The normalized spacial score (nSPS) is 28.2. The summed E-state index contributed by atoms with van der Waals surface area (Å²) in [5.41, 5.74) is -12.2. The molecule has 0 spiro atoms. The number of carboxylic acid groups (broad SMARTS) is 1. The summed E-state index contributed by atoms with van der Waals surface area (Å²) < 4.78 is 116. The van der Waals surface area contributed by atoms with Crippen LogP contribution in [-0.2, 0) is 24.5 Å². The van der Waals surface area contributed by atoms with Gasteiger partial charge in [0.15, 0.2) is 0 Å². The van der Waals surface area contributed by atoms with Crippen molar-refractivity contribution in [1.29, 1.82) is 0 Å². The molecule has 0 saturated heterocycles. The predicted octanol–water partition coefficient (Wildman–Crippen LogP) is -1.03. The third-order valence-electron chi connectivity index (χ3n) is 2.52. The van der Waals surface area contributed by atoms with Crippen molar-refractivity contribution in [3.8, 4) is 0 Å². The maximum Gasteiger partial charge on any atom is 0.497 e. The number of hydrogen-bond donors (Lipinski definition) is 0. The fourth-order valence-corrected chi connectivity index (χ4v) is 5.36. The van der Waals surface area contributed by atoms with Crippen LogP contribution in [-0.4, -0.2) is 44.3 Å². The molecule has 1 fully saturated rings. The van der Waals surface area contributed by atoms with E-state index in [0.29, 0.717) is 0 Å². The lowest BCUT2D eigenvalue weighted by atomic mass is 10.4. The summed E-state index contributed by atoms with van der Waals surface area (Å²) in [6, 6.07) is 0. The van der Waals surface area contributed by atoms with E-state index < -0.39 is 53.1 Å². The van der Waals surface area contributed by atoms with E-state index in [9.17, 15) is 53.1 Å². The second-order valence-corrected chi connectivity index (χ2v) is 7.95. The highest BCUT2D eigenvalue weighted by molar-refractivity contribution is 7.98. The summed E-state index contributed by atoms with van der Waals surface area (Å²) in [6.45, 7) is 0. The number of alkyl halides is 6. The van der Waals surface area contributed by atoms with Crippen LogP contribution in [0.5, 0.6) is 0 Å². The van der Waals surface area contributed by atoms with Crippen LogP contribution < -0.4 is 5.11 Å². The van der Waals surface area contributed by atoms with Gasteiger partial charge < -0.3 is 9.90 Å². The Labute approximate surface area is 107 Å². The first-order valence-corrected chi connectivity index (χ1v) is 7.47. The zero-order valence-corrected chi connectivity index (χ0v) is 10.4. The molecule has 1 aliphatic carbocycles. The molecule has 0 aromatic carbocycles. The van der Waals surface area contributed by atoms with Crippen LogP contribution in [0.3, 0.4) is 0 Å². The fourth-order valence-electron chi connectivity index (χ4n) is 1.57. The van der Waals surface area contributed by atoms with Crippen LogP contribution in [0.25, 0.3) is 0 Å². The van der Waals surface area contributed by atoms with Crippen molar-refractivity contribution in [3.05, 3.63) is 0 Å². The minimum absolute atomic E-state index is 2.62. The first-order valence-electron chi connectivity index (χ1n) is 4.38. The van der Waals surface area contributed by atoms with E-state index in [4.69, 9.17) is 0 Å². The maximum absolute atomic E-state index is 12.1. The standard InChI is InChI=1S/C6H4F6O6S2/c7-5(8,9)19(15,16)2-1(4(13)14)3(2)20(17,18)6(10,11)12/h1-3H,(H,13,14)/p-1. The van der Waals surface area contributed by atoms with Crippen LogP contribution >= 0.6 is 0 Å². The molecule has 0 aromatic heterocycles. The van der Waals surface area contributed by atoms with Gasteiger partial charge in [0.2, 0.25) is 0 Å². The maximum atomic E-state index is 12.1. The molecule has 1 aliphatic rings. The lowest BCUT2D eigenvalue weighted by molar-refractivity contribution is -0.307. The molecule has 1 saturated carbocycles. The Hall–Kier alpha value is -1.05. The van der Waals surface area contributed by atoms with Crippen LogP contribution in [0.4, 0.5) is 26.3 Å². The molecular formula is C6H3F6O6S2-. The number of halogens is 6. The van der Waals surface area contributed by atoms with Crippen molar-refractivity contribution in [2.45, 2.75) is 21.5 Å². The van der Waals surface area contributed by atoms with Crippen molar-refractivity contribution >= 4 is 25.6 Å². The van der Waals surface area contributed by atoms with Crippen LogP contribution in [0.15, 0.2) is 0 Å². The average molecular weight is 349 g/mol. The van der Waals surface area contributed by atoms with E-state index in [1.807, 2.05) is 0 Å². The number of carbonyl (C=O) groups excluding carboxylic acids is 1. The highest BCUT2D eigenvalue weighted by Gasteiger charge is 2.75. The molecule has 0 heterocycles. The summed E-state index contributed by atoms with van der Waals surface area (Å²) in [5, 5.41) is 3.83. The summed E-state index contributed by atoms with van der Waals surface area (Å²) in [4.78, 5) is 10.4. The quantitative estimate of drug-likeness (QED) is 0.603. The van der Waals surface area contributed by atoms with Gasteiger partial charge in [-0.15, -0.1) is 0 Å². The van der Waals surface area contributed by atoms with Gasteiger partial charge in [-0.2, -0.15) is 26.3 Å². The second kappa shape index (κ2) is 4.22. The van der Waals surface area contributed by atoms with Crippen molar-refractivity contribution in [1.82, 2.24) is 0 Å². The molecule has 2 unspecified atom stereocenters. The topological polar surface area (TPSA) is 108 Å². The van der Waals surface area contributed by atoms with Gasteiger partial charge in [0, 0.05) is 11.9 Å². The molecule has 0 aliphatic heterocycles. The minimum atomic E-state index is -6.39. The monoisotopic (exact) mass is 349 g/mol. The van der Waals surface area contributed by atoms with Crippen molar-refractivity contribution in [2.24, 2.45) is 5.92 Å². The highest BCUT2D eigenvalue weighted by atomic mass is 32.2. The molecule has 0 amide bonds. The van der Waals surface area contributed by atoms with Gasteiger partial charge in [-0.1, -0.05) is 0 Å². The first kappa shape index (κ1) is 17.0. The number of aliphatic carboxylic acids is 1. The molecule has 6 nitrogen and oxygen atoms in total. The first-order chi connectivity index (χ1) is 8.57. The molecule has 0 bridgehead atoms. The van der Waals surface area contributed by atoms with Crippen LogP contribution in [0.2, 0.25) is 0 Å². The van der Waals surface area contributed by atoms with E-state index in [-0.39, 0.29) is 0 Å². The van der Waals surface area contributed by atoms with Crippen molar-refractivity contribution in [2.75, 3.05) is 0 Å². The highest BCUT2D eigenvalue weighted by Crippen LogP contribution is 2.51. The van der Waals surface area contributed by atoms with Crippen LogP contribution in [0.1, 0.15) is 0 Å². The Morgan fingerprint density at radius 3 is 1.20 bits per heavy atom. The summed E-state index contributed by atoms with van der Waals surface area (Å²) in [5.74, 6) is -5.55. The minimum Gasteiger partial charge on any atom is -0.550 e. The largest absolute Gasteiger partial charge is 0.550 e. The third kappa shape index (κ3) is 2.34. The summed E-state index contributed by atoms with van der Waals surface area (Å²) in [7, 11) is -12.8. The predicted molar refractivity (Wildman–Crippen MR) is 46.0 cm³/mol. The Balaban J connectivity index is 3.36. The van der Waals surface area contributed by atoms with Gasteiger partial charge in [-0.25, -0.2) is 16.8 Å². The van der Waals surface area contributed by atoms with E-state index in [2.05, 4.69) is 0 Å². The molecule has 20 heavy (non-hydrogen) atoms. The lowest BCUT2D eigenvalue weighted by Gasteiger charge is -2.09. The molecule has 0 aromatic rings. The van der Waals surface area contributed by atoms with Gasteiger partial charge in [0.25, 0.3) is 19.7 Å².